The maximum absolute atomic E-state index is 12.4. The van der Waals surface area contributed by atoms with E-state index in [1.807, 2.05) is 53.1 Å². The second-order valence-corrected chi connectivity index (χ2v) is 10.2. The zero-order chi connectivity index (χ0) is 22.6. The molecule has 3 aromatic heterocycles. The zero-order valence-corrected chi connectivity index (χ0v) is 19.9. The lowest BCUT2D eigenvalue weighted by molar-refractivity contribution is -0.113. The van der Waals surface area contributed by atoms with Gasteiger partial charge in [-0.3, -0.25) is 14.7 Å². The van der Waals surface area contributed by atoms with Crippen molar-refractivity contribution in [3.63, 3.8) is 0 Å². The molecule has 5 rings (SSSR count). The Morgan fingerprint density at radius 1 is 1.09 bits per heavy atom. The molecule has 0 aliphatic heterocycles. The number of thioether (sulfide) groups is 2. The van der Waals surface area contributed by atoms with Crippen molar-refractivity contribution < 1.29 is 9.32 Å². The first kappa shape index (κ1) is 21.7. The first-order valence-electron chi connectivity index (χ1n) is 10.00. The van der Waals surface area contributed by atoms with Crippen molar-refractivity contribution in [1.29, 1.82) is 0 Å². The fourth-order valence-corrected chi connectivity index (χ4v) is 5.84. The molecule has 0 unspecified atom stereocenters. The number of benzene rings is 2. The average Bonchev–Trinajstić information content (AvgIpc) is 3.54. The summed E-state index contributed by atoms with van der Waals surface area (Å²) in [6.45, 7) is 1.80. The van der Waals surface area contributed by atoms with E-state index in [-0.39, 0.29) is 11.7 Å². The van der Waals surface area contributed by atoms with Gasteiger partial charge in [-0.15, -0.1) is 21.5 Å². The molecule has 0 atom stereocenters. The van der Waals surface area contributed by atoms with Gasteiger partial charge in [0.1, 0.15) is 5.82 Å². The molecule has 3 heterocycles. The summed E-state index contributed by atoms with van der Waals surface area (Å²) in [7, 11) is 0. The number of hydrogen-bond acceptors (Lipinski definition) is 9. The van der Waals surface area contributed by atoms with E-state index < -0.39 is 0 Å². The van der Waals surface area contributed by atoms with Crippen molar-refractivity contribution in [3.05, 3.63) is 72.2 Å². The molecule has 33 heavy (non-hydrogen) atoms. The van der Waals surface area contributed by atoms with Crippen LogP contribution in [0, 0.1) is 6.92 Å². The standard InChI is InChI=1S/C22H18N6O2S3/c1-14-11-20(30-27-14)24-19(29)13-31-21-26-25-18(28(21)15-7-3-2-4-8-15)12-32-22-23-16-9-5-6-10-17(16)33-22/h2-11H,12-13H2,1H3,(H,24,29). The molecule has 0 aliphatic carbocycles. The molecule has 0 bridgehead atoms. The van der Waals surface area contributed by atoms with Crippen LogP contribution in [0.2, 0.25) is 0 Å². The molecule has 0 saturated heterocycles. The van der Waals surface area contributed by atoms with Crippen LogP contribution in [0.4, 0.5) is 5.88 Å². The number of thiazole rings is 1. The second-order valence-electron chi connectivity index (χ2n) is 6.98. The fraction of sp³-hybridized carbons (Fsp3) is 0.136. The number of nitrogens with zero attached hydrogens (tertiary/aromatic N) is 5. The van der Waals surface area contributed by atoms with Crippen LogP contribution in [-0.4, -0.2) is 36.6 Å². The Kier molecular flexibility index (Phi) is 6.42. The lowest BCUT2D eigenvalue weighted by atomic mass is 10.3. The monoisotopic (exact) mass is 494 g/mol. The summed E-state index contributed by atoms with van der Waals surface area (Å²) in [5.41, 5.74) is 2.65. The Morgan fingerprint density at radius 3 is 2.70 bits per heavy atom. The number of rotatable bonds is 8. The molecule has 0 radical (unpaired) electrons. The van der Waals surface area contributed by atoms with Gasteiger partial charge >= 0.3 is 0 Å². The Balaban J connectivity index is 1.33. The third kappa shape index (κ3) is 5.10. The van der Waals surface area contributed by atoms with Crippen molar-refractivity contribution in [2.24, 2.45) is 0 Å². The summed E-state index contributed by atoms with van der Waals surface area (Å²) in [6, 6.07) is 19.7. The summed E-state index contributed by atoms with van der Waals surface area (Å²) in [5.74, 6) is 1.68. The average molecular weight is 495 g/mol. The highest BCUT2D eigenvalue weighted by molar-refractivity contribution is 8.00. The third-order valence-corrected chi connectivity index (χ3v) is 7.64. The minimum absolute atomic E-state index is 0.162. The van der Waals surface area contributed by atoms with E-state index in [0.717, 1.165) is 26.1 Å². The molecule has 11 heteroatoms. The highest BCUT2D eigenvalue weighted by Crippen LogP contribution is 2.32. The van der Waals surface area contributed by atoms with Gasteiger partial charge in [0.25, 0.3) is 0 Å². The van der Waals surface area contributed by atoms with E-state index in [2.05, 4.69) is 26.7 Å². The van der Waals surface area contributed by atoms with Crippen LogP contribution in [0.25, 0.3) is 15.9 Å². The summed E-state index contributed by atoms with van der Waals surface area (Å²) in [4.78, 5) is 17.0. The number of hydrogen-bond donors (Lipinski definition) is 1. The first-order chi connectivity index (χ1) is 16.2. The van der Waals surface area contributed by atoms with Crippen molar-refractivity contribution >= 4 is 56.9 Å². The van der Waals surface area contributed by atoms with Gasteiger partial charge in [-0.2, -0.15) is 0 Å². The number of carbonyl (C=O) groups excluding carboxylic acids is 1. The number of aryl methyl sites for hydroxylation is 1. The van der Waals surface area contributed by atoms with Gasteiger partial charge in [-0.1, -0.05) is 59.0 Å². The maximum atomic E-state index is 12.4. The number of aromatic nitrogens is 5. The predicted molar refractivity (Wildman–Crippen MR) is 131 cm³/mol. The summed E-state index contributed by atoms with van der Waals surface area (Å²) >= 11 is 4.61. The minimum Gasteiger partial charge on any atom is -0.338 e. The van der Waals surface area contributed by atoms with Crippen LogP contribution < -0.4 is 5.32 Å². The van der Waals surface area contributed by atoms with Gasteiger partial charge in [0.15, 0.2) is 9.50 Å². The number of carbonyl (C=O) groups is 1. The molecular formula is C22H18N6O2S3. The molecule has 166 valence electrons. The van der Waals surface area contributed by atoms with Crippen LogP contribution in [-0.2, 0) is 10.5 Å². The molecule has 8 nitrogen and oxygen atoms in total. The molecule has 2 aromatic carbocycles. The van der Waals surface area contributed by atoms with Gasteiger partial charge in [-0.05, 0) is 31.2 Å². The Labute approximate surface area is 201 Å². The van der Waals surface area contributed by atoms with E-state index in [4.69, 9.17) is 9.51 Å². The van der Waals surface area contributed by atoms with Gasteiger partial charge < -0.3 is 4.52 Å². The van der Waals surface area contributed by atoms with Crippen molar-refractivity contribution in [2.45, 2.75) is 22.2 Å². The van der Waals surface area contributed by atoms with Crippen LogP contribution in [0.15, 0.2) is 74.7 Å². The number of nitrogens with one attached hydrogen (secondary N) is 1. The van der Waals surface area contributed by atoms with Gasteiger partial charge in [-0.25, -0.2) is 4.98 Å². The van der Waals surface area contributed by atoms with Crippen molar-refractivity contribution in [2.75, 3.05) is 11.1 Å². The van der Waals surface area contributed by atoms with E-state index in [1.54, 1.807) is 36.1 Å². The lowest BCUT2D eigenvalue weighted by Crippen LogP contribution is -2.14. The Morgan fingerprint density at radius 2 is 1.91 bits per heavy atom. The molecule has 1 amide bonds. The topological polar surface area (TPSA) is 98.7 Å². The van der Waals surface area contributed by atoms with E-state index in [9.17, 15) is 4.79 Å². The van der Waals surface area contributed by atoms with E-state index >= 15 is 0 Å². The molecular weight excluding hydrogens is 476 g/mol. The fourth-order valence-electron chi connectivity index (χ4n) is 3.09. The Hall–Kier alpha value is -3.15. The molecule has 0 aliphatic rings. The van der Waals surface area contributed by atoms with Crippen LogP contribution >= 0.6 is 34.9 Å². The van der Waals surface area contributed by atoms with Crippen molar-refractivity contribution in [1.82, 2.24) is 24.9 Å². The lowest BCUT2D eigenvalue weighted by Gasteiger charge is -2.09. The number of para-hydroxylation sites is 2. The summed E-state index contributed by atoms with van der Waals surface area (Å²) in [5, 5.41) is 15.9. The summed E-state index contributed by atoms with van der Waals surface area (Å²) in [6.07, 6.45) is 0. The molecule has 0 saturated carbocycles. The third-order valence-electron chi connectivity index (χ3n) is 4.54. The minimum atomic E-state index is -0.204. The SMILES string of the molecule is Cc1cc(NC(=O)CSc2nnc(CSc3nc4ccccc4s3)n2-c2ccccc2)on1. The maximum Gasteiger partial charge on any atom is 0.237 e. The van der Waals surface area contributed by atoms with E-state index in [0.29, 0.717) is 22.5 Å². The molecule has 0 spiro atoms. The highest BCUT2D eigenvalue weighted by atomic mass is 32.2. The number of amides is 1. The van der Waals surface area contributed by atoms with Gasteiger partial charge in [0.05, 0.1) is 27.4 Å². The molecule has 5 aromatic rings. The quantitative estimate of drug-likeness (QED) is 0.294. The predicted octanol–water partition coefficient (Wildman–Crippen LogP) is 5.20. The Bertz CT molecular complexity index is 1360. The number of anilines is 1. The van der Waals surface area contributed by atoms with Crippen LogP contribution in [0.1, 0.15) is 11.5 Å². The smallest absolute Gasteiger partial charge is 0.237 e. The van der Waals surface area contributed by atoms with Gasteiger partial charge in [0, 0.05) is 11.8 Å². The number of fused-ring (bicyclic) bond motifs is 1. The van der Waals surface area contributed by atoms with Gasteiger partial charge in [0.2, 0.25) is 11.8 Å². The molecule has 0 fully saturated rings. The molecule has 1 N–H and O–H groups in total. The normalized spacial score (nSPS) is 11.2. The largest absolute Gasteiger partial charge is 0.338 e. The second kappa shape index (κ2) is 9.77. The summed E-state index contributed by atoms with van der Waals surface area (Å²) < 4.78 is 9.17. The van der Waals surface area contributed by atoms with Crippen molar-refractivity contribution in [3.8, 4) is 5.69 Å². The van der Waals surface area contributed by atoms with E-state index in [1.165, 1.54) is 11.8 Å². The van der Waals surface area contributed by atoms with Crippen LogP contribution in [0.5, 0.6) is 0 Å². The first-order valence-corrected chi connectivity index (χ1v) is 12.8. The van der Waals surface area contributed by atoms with Crippen LogP contribution in [0.3, 0.4) is 0 Å². The zero-order valence-electron chi connectivity index (χ0n) is 17.5. The highest BCUT2D eigenvalue weighted by Gasteiger charge is 2.17.